The molecule has 6 nitrogen and oxygen atoms in total. The molecule has 0 aromatic heterocycles. The van der Waals surface area contributed by atoms with E-state index in [9.17, 15) is 14.4 Å². The first-order valence-electron chi connectivity index (χ1n) is 10.1. The molecule has 0 bridgehead atoms. The number of aryl methyl sites for hydroxylation is 1. The second kappa shape index (κ2) is 8.48. The molecule has 1 aliphatic rings. The van der Waals surface area contributed by atoms with Gasteiger partial charge < -0.3 is 4.74 Å². The number of carbonyl (C=O) groups is 3. The maximum absolute atomic E-state index is 13.3. The summed E-state index contributed by atoms with van der Waals surface area (Å²) in [5.41, 5.74) is 1.49. The number of imide groups is 2. The Bertz CT molecular complexity index is 1300. The van der Waals surface area contributed by atoms with Gasteiger partial charge in [-0.05, 0) is 61.4 Å². The zero-order valence-electron chi connectivity index (χ0n) is 17.8. The van der Waals surface area contributed by atoms with Crippen LogP contribution in [0, 0.1) is 6.92 Å². The molecule has 3 aromatic rings. The molecule has 0 aliphatic carbocycles. The van der Waals surface area contributed by atoms with Crippen LogP contribution in [0.1, 0.15) is 25.0 Å². The number of urea groups is 1. The van der Waals surface area contributed by atoms with Crippen LogP contribution in [0.5, 0.6) is 5.75 Å². The molecular weight excluding hydrogens is 428 g/mol. The van der Waals surface area contributed by atoms with Gasteiger partial charge in [0.15, 0.2) is 0 Å². The fraction of sp³-hybridized carbons (Fsp3) is 0.160. The molecule has 0 unspecified atom stereocenters. The van der Waals surface area contributed by atoms with Crippen molar-refractivity contribution in [3.63, 3.8) is 0 Å². The highest BCUT2D eigenvalue weighted by Crippen LogP contribution is 2.33. The van der Waals surface area contributed by atoms with Crippen molar-refractivity contribution >= 4 is 52.0 Å². The molecule has 7 heteroatoms. The first-order valence-corrected chi connectivity index (χ1v) is 10.5. The minimum atomic E-state index is -0.825. The third-order valence-electron chi connectivity index (χ3n) is 5.10. The Morgan fingerprint density at radius 1 is 1.03 bits per heavy atom. The molecule has 0 radical (unpaired) electrons. The Balaban J connectivity index is 1.86. The molecule has 1 aliphatic heterocycles. The number of nitrogens with zero attached hydrogens (tertiary/aromatic N) is 1. The monoisotopic (exact) mass is 448 g/mol. The fourth-order valence-corrected chi connectivity index (χ4v) is 3.71. The summed E-state index contributed by atoms with van der Waals surface area (Å²) in [6.45, 7) is 5.61. The molecule has 1 N–H and O–H groups in total. The van der Waals surface area contributed by atoms with Crippen LogP contribution in [0.25, 0.3) is 16.8 Å². The van der Waals surface area contributed by atoms with Gasteiger partial charge in [-0.2, -0.15) is 0 Å². The third-order valence-corrected chi connectivity index (χ3v) is 5.50. The van der Waals surface area contributed by atoms with Gasteiger partial charge in [-0.25, -0.2) is 9.69 Å². The molecular formula is C25H21ClN2O4. The molecule has 162 valence electrons. The summed E-state index contributed by atoms with van der Waals surface area (Å²) in [7, 11) is 0. The maximum atomic E-state index is 13.3. The largest absolute Gasteiger partial charge is 0.490 e. The maximum Gasteiger partial charge on any atom is 0.335 e. The molecule has 4 amide bonds. The Labute approximate surface area is 190 Å². The van der Waals surface area contributed by atoms with E-state index in [1.807, 2.05) is 57.2 Å². The van der Waals surface area contributed by atoms with Crippen molar-refractivity contribution in [2.45, 2.75) is 26.9 Å². The Morgan fingerprint density at radius 3 is 2.50 bits per heavy atom. The van der Waals surface area contributed by atoms with Crippen molar-refractivity contribution < 1.29 is 19.1 Å². The molecule has 0 atom stereocenters. The summed E-state index contributed by atoms with van der Waals surface area (Å²) in [4.78, 5) is 39.4. The number of amides is 4. The Morgan fingerprint density at radius 2 is 1.78 bits per heavy atom. The molecule has 1 saturated heterocycles. The van der Waals surface area contributed by atoms with Crippen LogP contribution in [-0.2, 0) is 9.59 Å². The number of ether oxygens (including phenoxy) is 1. The molecule has 1 heterocycles. The second-order valence-corrected chi connectivity index (χ2v) is 8.16. The van der Waals surface area contributed by atoms with Gasteiger partial charge >= 0.3 is 6.03 Å². The third kappa shape index (κ3) is 3.97. The van der Waals surface area contributed by atoms with E-state index in [4.69, 9.17) is 16.3 Å². The minimum absolute atomic E-state index is 0.114. The van der Waals surface area contributed by atoms with E-state index in [-0.39, 0.29) is 17.4 Å². The van der Waals surface area contributed by atoms with Crippen molar-refractivity contribution in [3.05, 3.63) is 76.3 Å². The number of carbonyl (C=O) groups excluding carboxylic acids is 3. The first-order chi connectivity index (χ1) is 15.3. The van der Waals surface area contributed by atoms with E-state index < -0.39 is 17.8 Å². The summed E-state index contributed by atoms with van der Waals surface area (Å²) in [6.07, 6.45) is 1.37. The van der Waals surface area contributed by atoms with E-state index in [0.717, 1.165) is 21.2 Å². The quantitative estimate of drug-likeness (QED) is 0.436. The number of benzene rings is 3. The van der Waals surface area contributed by atoms with Gasteiger partial charge in [-0.15, -0.1) is 0 Å². The number of halogens is 1. The van der Waals surface area contributed by atoms with Crippen LogP contribution >= 0.6 is 11.6 Å². The average Bonchev–Trinajstić information content (AvgIpc) is 2.74. The first kappa shape index (κ1) is 21.6. The predicted molar refractivity (Wildman–Crippen MR) is 125 cm³/mol. The number of barbiturate groups is 1. The number of fused-ring (bicyclic) bond motifs is 1. The number of nitrogens with one attached hydrogen (secondary N) is 1. The van der Waals surface area contributed by atoms with Crippen LogP contribution in [0.15, 0.2) is 60.2 Å². The van der Waals surface area contributed by atoms with Gasteiger partial charge in [0, 0.05) is 10.6 Å². The van der Waals surface area contributed by atoms with E-state index in [1.165, 1.54) is 12.1 Å². The lowest BCUT2D eigenvalue weighted by atomic mass is 9.99. The van der Waals surface area contributed by atoms with E-state index >= 15 is 0 Å². The smallest absolute Gasteiger partial charge is 0.335 e. The van der Waals surface area contributed by atoms with Crippen molar-refractivity contribution in [2.24, 2.45) is 0 Å². The Kier molecular flexibility index (Phi) is 5.72. The SMILES string of the molecule is Cc1ccc(N2C(=O)NC(=O)/C(=C\c3c(OC(C)C)ccc4ccccc34)C2=O)cc1Cl. The van der Waals surface area contributed by atoms with Crippen molar-refractivity contribution in [1.29, 1.82) is 0 Å². The van der Waals surface area contributed by atoms with Crippen LogP contribution in [0.3, 0.4) is 0 Å². The van der Waals surface area contributed by atoms with Crippen LogP contribution in [0.2, 0.25) is 5.02 Å². The van der Waals surface area contributed by atoms with Crippen LogP contribution in [0.4, 0.5) is 10.5 Å². The zero-order chi connectivity index (χ0) is 23.0. The van der Waals surface area contributed by atoms with Gasteiger partial charge in [0.05, 0.1) is 11.8 Å². The predicted octanol–water partition coefficient (Wildman–Crippen LogP) is 5.26. The molecule has 3 aromatic carbocycles. The highest BCUT2D eigenvalue weighted by molar-refractivity contribution is 6.40. The lowest BCUT2D eigenvalue weighted by Crippen LogP contribution is -2.54. The number of hydrogen-bond donors (Lipinski definition) is 1. The van der Waals surface area contributed by atoms with Gasteiger partial charge in [0.2, 0.25) is 0 Å². The molecule has 4 rings (SSSR count). The highest BCUT2D eigenvalue weighted by atomic mass is 35.5. The summed E-state index contributed by atoms with van der Waals surface area (Å²) in [5, 5.41) is 4.40. The minimum Gasteiger partial charge on any atom is -0.490 e. The molecule has 1 fully saturated rings. The van der Waals surface area contributed by atoms with Crippen molar-refractivity contribution in [2.75, 3.05) is 4.90 Å². The van der Waals surface area contributed by atoms with E-state index in [1.54, 1.807) is 12.1 Å². The highest BCUT2D eigenvalue weighted by Gasteiger charge is 2.37. The average molecular weight is 449 g/mol. The second-order valence-electron chi connectivity index (χ2n) is 7.76. The lowest BCUT2D eigenvalue weighted by molar-refractivity contribution is -0.122. The number of hydrogen-bond acceptors (Lipinski definition) is 4. The summed E-state index contributed by atoms with van der Waals surface area (Å²) in [6, 6.07) is 15.3. The standard InChI is InChI=1S/C25H21ClN2O4/c1-14(2)32-22-11-9-16-6-4-5-7-18(16)19(22)13-20-23(29)27-25(31)28(24(20)30)17-10-8-15(3)21(26)12-17/h4-14H,1-3H3,(H,27,29,31)/b20-13+. The molecule has 0 spiro atoms. The van der Waals surface area contributed by atoms with Crippen molar-refractivity contribution in [3.8, 4) is 5.75 Å². The van der Waals surface area contributed by atoms with Crippen molar-refractivity contribution in [1.82, 2.24) is 5.32 Å². The summed E-state index contributed by atoms with van der Waals surface area (Å²) in [5.74, 6) is -0.964. The fourth-order valence-electron chi connectivity index (χ4n) is 3.54. The zero-order valence-corrected chi connectivity index (χ0v) is 18.6. The van der Waals surface area contributed by atoms with Crippen LogP contribution in [-0.4, -0.2) is 23.9 Å². The Hall–Kier alpha value is -3.64. The van der Waals surface area contributed by atoms with Gasteiger partial charge in [0.1, 0.15) is 11.3 Å². The molecule has 32 heavy (non-hydrogen) atoms. The van der Waals surface area contributed by atoms with Crippen LogP contribution < -0.4 is 15.0 Å². The van der Waals surface area contributed by atoms with Gasteiger partial charge in [-0.1, -0.05) is 48.0 Å². The number of anilines is 1. The molecule has 0 saturated carbocycles. The summed E-state index contributed by atoms with van der Waals surface area (Å²) >= 11 is 6.19. The van der Waals surface area contributed by atoms with E-state index in [0.29, 0.717) is 16.3 Å². The number of rotatable bonds is 4. The van der Waals surface area contributed by atoms with Gasteiger partial charge in [-0.3, -0.25) is 14.9 Å². The van der Waals surface area contributed by atoms with E-state index in [2.05, 4.69) is 5.32 Å². The lowest BCUT2D eigenvalue weighted by Gasteiger charge is -2.27. The summed E-state index contributed by atoms with van der Waals surface area (Å²) < 4.78 is 5.94. The van der Waals surface area contributed by atoms with Gasteiger partial charge in [0.25, 0.3) is 11.8 Å². The topological polar surface area (TPSA) is 75.7 Å². The normalized spacial score (nSPS) is 15.6.